The first-order valence-electron chi connectivity index (χ1n) is 5.68. The van der Waals surface area contributed by atoms with Gasteiger partial charge in [-0.15, -0.1) is 0 Å². The number of alkyl halides is 2. The molecule has 1 aliphatic carbocycles. The van der Waals surface area contributed by atoms with Gasteiger partial charge in [0.2, 0.25) is 5.92 Å². The number of nitrogens with zero attached hydrogens (tertiary/aromatic N) is 2. The third-order valence-electron chi connectivity index (χ3n) is 3.20. The van der Waals surface area contributed by atoms with Gasteiger partial charge in [0.05, 0.1) is 6.20 Å². The van der Waals surface area contributed by atoms with Crippen LogP contribution in [-0.4, -0.2) is 15.7 Å². The molecule has 90 valence electrons. The van der Waals surface area contributed by atoms with E-state index in [1.54, 1.807) is 6.20 Å². The zero-order valence-electron chi connectivity index (χ0n) is 9.20. The van der Waals surface area contributed by atoms with Crippen LogP contribution in [0.25, 0.3) is 0 Å². The van der Waals surface area contributed by atoms with Crippen LogP contribution in [-0.2, 0) is 13.1 Å². The topological polar surface area (TPSA) is 43.8 Å². The van der Waals surface area contributed by atoms with Crippen molar-refractivity contribution in [2.75, 3.05) is 0 Å². The zero-order valence-corrected chi connectivity index (χ0v) is 9.20. The molecule has 1 heterocycles. The standard InChI is InChI=1S/C11H17F2N3/c12-11(13)3-1-9(2-4-11)7-16-8-10(5-14)6-15-16/h6,8-9H,1-5,7,14H2. The van der Waals surface area contributed by atoms with E-state index in [2.05, 4.69) is 5.10 Å². The molecule has 0 unspecified atom stereocenters. The van der Waals surface area contributed by atoms with Gasteiger partial charge in [-0.25, -0.2) is 8.78 Å². The lowest BCUT2D eigenvalue weighted by atomic mass is 9.87. The molecule has 3 nitrogen and oxygen atoms in total. The molecule has 1 aliphatic rings. The predicted molar refractivity (Wildman–Crippen MR) is 57.0 cm³/mol. The van der Waals surface area contributed by atoms with Gasteiger partial charge in [-0.2, -0.15) is 5.10 Å². The molecule has 2 rings (SSSR count). The number of hydrogen-bond donors (Lipinski definition) is 1. The van der Waals surface area contributed by atoms with Crippen LogP contribution in [0.3, 0.4) is 0 Å². The van der Waals surface area contributed by atoms with Crippen molar-refractivity contribution in [1.82, 2.24) is 9.78 Å². The highest BCUT2D eigenvalue weighted by atomic mass is 19.3. The summed E-state index contributed by atoms with van der Waals surface area (Å²) in [6.07, 6.45) is 4.84. The van der Waals surface area contributed by atoms with Gasteiger partial charge in [-0.3, -0.25) is 4.68 Å². The van der Waals surface area contributed by atoms with Crippen LogP contribution < -0.4 is 5.73 Å². The van der Waals surface area contributed by atoms with E-state index in [1.165, 1.54) is 0 Å². The largest absolute Gasteiger partial charge is 0.326 e. The predicted octanol–water partition coefficient (Wildman–Crippen LogP) is 2.17. The second-order valence-corrected chi connectivity index (χ2v) is 4.57. The maximum atomic E-state index is 12.9. The summed E-state index contributed by atoms with van der Waals surface area (Å²) in [6.45, 7) is 1.21. The maximum Gasteiger partial charge on any atom is 0.248 e. The van der Waals surface area contributed by atoms with Gasteiger partial charge in [0.1, 0.15) is 0 Å². The van der Waals surface area contributed by atoms with E-state index < -0.39 is 5.92 Å². The molecule has 1 aromatic heterocycles. The van der Waals surface area contributed by atoms with Crippen molar-refractivity contribution in [1.29, 1.82) is 0 Å². The van der Waals surface area contributed by atoms with Crippen LogP contribution in [0.5, 0.6) is 0 Å². The fourth-order valence-electron chi connectivity index (χ4n) is 2.16. The second-order valence-electron chi connectivity index (χ2n) is 4.57. The molecule has 1 aromatic rings. The van der Waals surface area contributed by atoms with E-state index in [4.69, 9.17) is 5.73 Å². The molecular weight excluding hydrogens is 212 g/mol. The summed E-state index contributed by atoms with van der Waals surface area (Å²) in [6, 6.07) is 0. The van der Waals surface area contributed by atoms with Crippen molar-refractivity contribution in [3.8, 4) is 0 Å². The van der Waals surface area contributed by atoms with Gasteiger partial charge in [0, 0.05) is 37.7 Å². The highest BCUT2D eigenvalue weighted by molar-refractivity contribution is 5.02. The fourth-order valence-corrected chi connectivity index (χ4v) is 2.16. The lowest BCUT2D eigenvalue weighted by molar-refractivity contribution is -0.0476. The Morgan fingerprint density at radius 2 is 2.12 bits per heavy atom. The smallest absolute Gasteiger partial charge is 0.248 e. The molecular formula is C11H17F2N3. The average Bonchev–Trinajstić information content (AvgIpc) is 2.69. The van der Waals surface area contributed by atoms with Gasteiger partial charge in [0.15, 0.2) is 0 Å². The first-order valence-corrected chi connectivity index (χ1v) is 5.68. The van der Waals surface area contributed by atoms with Crippen LogP contribution in [0, 0.1) is 5.92 Å². The highest BCUT2D eigenvalue weighted by Gasteiger charge is 2.34. The van der Waals surface area contributed by atoms with Crippen molar-refractivity contribution in [2.24, 2.45) is 11.7 Å². The van der Waals surface area contributed by atoms with E-state index >= 15 is 0 Å². The lowest BCUT2D eigenvalue weighted by Gasteiger charge is -2.28. The molecule has 0 radical (unpaired) electrons. The Kier molecular flexibility index (Phi) is 3.23. The third-order valence-corrected chi connectivity index (χ3v) is 3.20. The SMILES string of the molecule is NCc1cnn(CC2CCC(F)(F)CC2)c1. The lowest BCUT2D eigenvalue weighted by Crippen LogP contribution is -2.26. The summed E-state index contributed by atoms with van der Waals surface area (Å²) in [4.78, 5) is 0. The number of halogens is 2. The Morgan fingerprint density at radius 1 is 1.44 bits per heavy atom. The Balaban J connectivity index is 1.87. The molecule has 0 bridgehead atoms. The van der Waals surface area contributed by atoms with Crippen molar-refractivity contribution >= 4 is 0 Å². The van der Waals surface area contributed by atoms with E-state index in [9.17, 15) is 8.78 Å². The fraction of sp³-hybridized carbons (Fsp3) is 0.727. The van der Waals surface area contributed by atoms with Crippen LogP contribution in [0.15, 0.2) is 12.4 Å². The highest BCUT2D eigenvalue weighted by Crippen LogP contribution is 2.36. The molecule has 1 fully saturated rings. The Bertz CT molecular complexity index is 339. The summed E-state index contributed by atoms with van der Waals surface area (Å²) in [5.41, 5.74) is 6.47. The quantitative estimate of drug-likeness (QED) is 0.863. The number of aromatic nitrogens is 2. The molecule has 1 saturated carbocycles. The second kappa shape index (κ2) is 4.49. The molecule has 5 heteroatoms. The molecule has 0 atom stereocenters. The third kappa shape index (κ3) is 2.78. The first-order chi connectivity index (χ1) is 7.59. The van der Waals surface area contributed by atoms with E-state index in [-0.39, 0.29) is 12.8 Å². The monoisotopic (exact) mass is 229 g/mol. The van der Waals surface area contributed by atoms with Gasteiger partial charge in [-0.05, 0) is 18.8 Å². The minimum absolute atomic E-state index is 0.0165. The maximum absolute atomic E-state index is 12.9. The Labute approximate surface area is 93.6 Å². The normalized spacial score (nSPS) is 21.2. The molecule has 0 saturated heterocycles. The molecule has 0 aromatic carbocycles. The summed E-state index contributed by atoms with van der Waals surface area (Å²) in [5, 5.41) is 4.17. The van der Waals surface area contributed by atoms with Gasteiger partial charge >= 0.3 is 0 Å². The molecule has 0 aliphatic heterocycles. The number of rotatable bonds is 3. The Hall–Kier alpha value is -0.970. The molecule has 2 N–H and O–H groups in total. The Morgan fingerprint density at radius 3 is 2.69 bits per heavy atom. The number of nitrogens with two attached hydrogens (primary N) is 1. The minimum atomic E-state index is -2.44. The first kappa shape index (κ1) is 11.5. The summed E-state index contributed by atoms with van der Waals surface area (Å²) in [7, 11) is 0. The molecule has 0 spiro atoms. The van der Waals surface area contributed by atoms with Crippen LogP contribution in [0.4, 0.5) is 8.78 Å². The average molecular weight is 229 g/mol. The molecule has 0 amide bonds. The summed E-state index contributed by atoms with van der Waals surface area (Å²) in [5.74, 6) is -2.12. The van der Waals surface area contributed by atoms with E-state index in [0.29, 0.717) is 25.3 Å². The van der Waals surface area contributed by atoms with Gasteiger partial charge in [0.25, 0.3) is 0 Å². The van der Waals surface area contributed by atoms with Gasteiger partial charge in [-0.1, -0.05) is 0 Å². The van der Waals surface area contributed by atoms with Crippen LogP contribution in [0.1, 0.15) is 31.2 Å². The van der Waals surface area contributed by atoms with Crippen molar-refractivity contribution in [3.05, 3.63) is 18.0 Å². The summed E-state index contributed by atoms with van der Waals surface area (Å²) < 4.78 is 27.7. The van der Waals surface area contributed by atoms with Crippen LogP contribution in [0.2, 0.25) is 0 Å². The van der Waals surface area contributed by atoms with Crippen molar-refractivity contribution in [3.63, 3.8) is 0 Å². The van der Waals surface area contributed by atoms with E-state index in [1.807, 2.05) is 10.9 Å². The van der Waals surface area contributed by atoms with E-state index in [0.717, 1.165) is 12.1 Å². The molecule has 16 heavy (non-hydrogen) atoms. The minimum Gasteiger partial charge on any atom is -0.326 e. The van der Waals surface area contributed by atoms with Crippen molar-refractivity contribution < 1.29 is 8.78 Å². The van der Waals surface area contributed by atoms with Gasteiger partial charge < -0.3 is 5.73 Å². The van der Waals surface area contributed by atoms with Crippen LogP contribution >= 0.6 is 0 Å². The number of hydrogen-bond acceptors (Lipinski definition) is 2. The van der Waals surface area contributed by atoms with Crippen molar-refractivity contribution in [2.45, 2.75) is 44.7 Å². The summed E-state index contributed by atoms with van der Waals surface area (Å²) >= 11 is 0. The zero-order chi connectivity index (χ0) is 11.6.